The van der Waals surface area contributed by atoms with E-state index in [0.29, 0.717) is 19.4 Å². The van der Waals surface area contributed by atoms with Gasteiger partial charge in [-0.25, -0.2) is 4.98 Å². The number of nitrogens with zero attached hydrogens (tertiary/aromatic N) is 2. The predicted octanol–water partition coefficient (Wildman–Crippen LogP) is 2.79. The molecule has 0 aliphatic carbocycles. The van der Waals surface area contributed by atoms with Crippen molar-refractivity contribution in [3.63, 3.8) is 0 Å². The molecule has 0 spiro atoms. The average Bonchev–Trinajstić information content (AvgIpc) is 2.84. The van der Waals surface area contributed by atoms with E-state index in [2.05, 4.69) is 4.98 Å². The maximum atomic E-state index is 12.7. The van der Waals surface area contributed by atoms with E-state index in [4.69, 9.17) is 0 Å². The molecule has 1 aromatic rings. The fraction of sp³-hybridized carbons (Fsp3) is 0.538. The van der Waals surface area contributed by atoms with Crippen molar-refractivity contribution in [2.75, 3.05) is 18.0 Å². The zero-order valence-corrected chi connectivity index (χ0v) is 10.9. The lowest BCUT2D eigenvalue weighted by Crippen LogP contribution is -2.34. The molecule has 1 saturated heterocycles. The van der Waals surface area contributed by atoms with Gasteiger partial charge in [-0.2, -0.15) is 13.2 Å². The number of rotatable bonds is 3. The lowest BCUT2D eigenvalue weighted by atomic mass is 9.84. The van der Waals surface area contributed by atoms with Gasteiger partial charge < -0.3 is 10.0 Å². The SMILES string of the molecule is CCC1(C(=O)O)CCN(c2cc(C(F)(F)F)ccn2)C1. The summed E-state index contributed by atoms with van der Waals surface area (Å²) in [4.78, 5) is 16.9. The molecule has 1 fully saturated rings. The van der Waals surface area contributed by atoms with Crippen LogP contribution in [0.5, 0.6) is 0 Å². The Morgan fingerprint density at radius 2 is 2.25 bits per heavy atom. The molecular formula is C13H15F3N2O2. The Morgan fingerprint density at radius 1 is 1.55 bits per heavy atom. The van der Waals surface area contributed by atoms with Crippen molar-refractivity contribution < 1.29 is 23.1 Å². The Labute approximate surface area is 114 Å². The summed E-state index contributed by atoms with van der Waals surface area (Å²) in [6.07, 6.45) is -2.47. The van der Waals surface area contributed by atoms with Crippen LogP contribution in [0, 0.1) is 5.41 Å². The maximum Gasteiger partial charge on any atom is 0.416 e. The van der Waals surface area contributed by atoms with Crippen LogP contribution in [0.2, 0.25) is 0 Å². The molecule has 1 aliphatic rings. The first-order valence-corrected chi connectivity index (χ1v) is 6.30. The van der Waals surface area contributed by atoms with Crippen molar-refractivity contribution in [2.24, 2.45) is 5.41 Å². The molecule has 1 atom stereocenters. The molecule has 0 amide bonds. The molecule has 1 unspecified atom stereocenters. The van der Waals surface area contributed by atoms with Crippen LogP contribution in [0.3, 0.4) is 0 Å². The molecule has 2 heterocycles. The number of anilines is 1. The lowest BCUT2D eigenvalue weighted by molar-refractivity contribution is -0.147. The van der Waals surface area contributed by atoms with Gasteiger partial charge in [0.1, 0.15) is 5.82 Å². The number of alkyl halides is 3. The summed E-state index contributed by atoms with van der Waals surface area (Å²) in [5, 5.41) is 9.29. The number of aromatic nitrogens is 1. The second kappa shape index (κ2) is 4.96. The topological polar surface area (TPSA) is 53.4 Å². The summed E-state index contributed by atoms with van der Waals surface area (Å²) in [5.41, 5.74) is -1.66. The first-order chi connectivity index (χ1) is 9.28. The molecule has 4 nitrogen and oxygen atoms in total. The number of pyridine rings is 1. The first kappa shape index (κ1) is 14.6. The van der Waals surface area contributed by atoms with Crippen molar-refractivity contribution in [1.29, 1.82) is 0 Å². The minimum Gasteiger partial charge on any atom is -0.481 e. The molecule has 7 heteroatoms. The fourth-order valence-electron chi connectivity index (χ4n) is 2.45. The number of aliphatic carboxylic acids is 1. The largest absolute Gasteiger partial charge is 0.481 e. The normalized spacial score (nSPS) is 23.1. The molecular weight excluding hydrogens is 273 g/mol. The Balaban J connectivity index is 2.25. The summed E-state index contributed by atoms with van der Waals surface area (Å²) < 4.78 is 38.0. The standard InChI is InChI=1S/C13H15F3N2O2/c1-2-12(11(19)20)4-6-18(8-12)10-7-9(3-5-17-10)13(14,15)16/h3,5,7H,2,4,6,8H2,1H3,(H,19,20). The van der Waals surface area contributed by atoms with Gasteiger partial charge in [0.25, 0.3) is 0 Å². The maximum absolute atomic E-state index is 12.7. The predicted molar refractivity (Wildman–Crippen MR) is 66.4 cm³/mol. The highest BCUT2D eigenvalue weighted by atomic mass is 19.4. The Kier molecular flexibility index (Phi) is 3.62. The van der Waals surface area contributed by atoms with Crippen LogP contribution in [-0.2, 0) is 11.0 Å². The van der Waals surface area contributed by atoms with Gasteiger partial charge >= 0.3 is 12.1 Å². The third kappa shape index (κ3) is 2.57. The van der Waals surface area contributed by atoms with E-state index in [1.54, 1.807) is 11.8 Å². The number of hydrogen-bond donors (Lipinski definition) is 1. The minimum absolute atomic E-state index is 0.177. The van der Waals surface area contributed by atoms with Crippen molar-refractivity contribution in [3.8, 4) is 0 Å². The van der Waals surface area contributed by atoms with E-state index in [1.165, 1.54) is 0 Å². The third-order valence-corrected chi connectivity index (χ3v) is 3.88. The van der Waals surface area contributed by atoms with Gasteiger partial charge in [-0.15, -0.1) is 0 Å². The number of halogens is 3. The van der Waals surface area contributed by atoms with Crippen LogP contribution in [0.15, 0.2) is 18.3 Å². The molecule has 1 aromatic heterocycles. The molecule has 110 valence electrons. The van der Waals surface area contributed by atoms with Crippen LogP contribution in [0.25, 0.3) is 0 Å². The van der Waals surface area contributed by atoms with Gasteiger partial charge in [-0.1, -0.05) is 6.92 Å². The summed E-state index contributed by atoms with van der Waals surface area (Å²) in [7, 11) is 0. The smallest absolute Gasteiger partial charge is 0.416 e. The van der Waals surface area contributed by atoms with Crippen LogP contribution in [-0.4, -0.2) is 29.1 Å². The summed E-state index contributed by atoms with van der Waals surface area (Å²) >= 11 is 0. The van der Waals surface area contributed by atoms with Gasteiger partial charge in [-0.05, 0) is 25.0 Å². The summed E-state index contributed by atoms with van der Waals surface area (Å²) in [6.45, 7) is 2.36. The van der Waals surface area contributed by atoms with Crippen molar-refractivity contribution in [1.82, 2.24) is 4.98 Å². The van der Waals surface area contributed by atoms with Gasteiger partial charge in [0.15, 0.2) is 0 Å². The molecule has 0 radical (unpaired) electrons. The van der Waals surface area contributed by atoms with E-state index in [9.17, 15) is 23.1 Å². The Hall–Kier alpha value is -1.79. The van der Waals surface area contributed by atoms with E-state index in [0.717, 1.165) is 18.3 Å². The lowest BCUT2D eigenvalue weighted by Gasteiger charge is -2.23. The second-order valence-electron chi connectivity index (χ2n) is 5.01. The van der Waals surface area contributed by atoms with E-state index in [-0.39, 0.29) is 12.4 Å². The van der Waals surface area contributed by atoms with E-state index >= 15 is 0 Å². The molecule has 1 aliphatic heterocycles. The number of carboxylic acid groups (broad SMARTS) is 1. The second-order valence-corrected chi connectivity index (χ2v) is 5.01. The van der Waals surface area contributed by atoms with Gasteiger partial charge in [0, 0.05) is 19.3 Å². The van der Waals surface area contributed by atoms with Crippen LogP contribution in [0.4, 0.5) is 19.0 Å². The third-order valence-electron chi connectivity index (χ3n) is 3.88. The molecule has 20 heavy (non-hydrogen) atoms. The molecule has 0 bridgehead atoms. The highest BCUT2D eigenvalue weighted by Crippen LogP contribution is 2.37. The molecule has 0 aromatic carbocycles. The minimum atomic E-state index is -4.42. The molecule has 0 saturated carbocycles. The fourth-order valence-corrected chi connectivity index (χ4v) is 2.45. The van der Waals surface area contributed by atoms with Gasteiger partial charge in [-0.3, -0.25) is 4.79 Å². The summed E-state index contributed by atoms with van der Waals surface area (Å²) in [6, 6.07) is 1.87. The summed E-state index contributed by atoms with van der Waals surface area (Å²) in [5.74, 6) is -0.731. The zero-order valence-electron chi connectivity index (χ0n) is 10.9. The van der Waals surface area contributed by atoms with Crippen LogP contribution >= 0.6 is 0 Å². The van der Waals surface area contributed by atoms with Crippen LogP contribution in [0.1, 0.15) is 25.3 Å². The zero-order chi connectivity index (χ0) is 15.0. The highest BCUT2D eigenvalue weighted by Gasteiger charge is 2.44. The van der Waals surface area contributed by atoms with E-state index in [1.807, 2.05) is 0 Å². The first-order valence-electron chi connectivity index (χ1n) is 6.30. The molecule has 1 N–H and O–H groups in total. The monoisotopic (exact) mass is 288 g/mol. The Morgan fingerprint density at radius 3 is 2.75 bits per heavy atom. The van der Waals surface area contributed by atoms with Crippen molar-refractivity contribution >= 4 is 11.8 Å². The number of hydrogen-bond acceptors (Lipinski definition) is 3. The molecule has 2 rings (SSSR count). The Bertz CT molecular complexity index is 519. The highest BCUT2D eigenvalue weighted by molar-refractivity contribution is 5.76. The van der Waals surface area contributed by atoms with Gasteiger partial charge in [0.05, 0.1) is 11.0 Å². The van der Waals surface area contributed by atoms with Crippen molar-refractivity contribution in [3.05, 3.63) is 23.9 Å². The van der Waals surface area contributed by atoms with Gasteiger partial charge in [0.2, 0.25) is 0 Å². The van der Waals surface area contributed by atoms with E-state index < -0.39 is 23.1 Å². The van der Waals surface area contributed by atoms with Crippen molar-refractivity contribution in [2.45, 2.75) is 25.9 Å². The number of carbonyl (C=O) groups is 1. The quantitative estimate of drug-likeness (QED) is 0.929. The van der Waals surface area contributed by atoms with Crippen LogP contribution < -0.4 is 4.90 Å². The number of carboxylic acids is 1. The average molecular weight is 288 g/mol.